The van der Waals surface area contributed by atoms with Crippen LogP contribution < -0.4 is 16.2 Å². The second-order valence-electron chi connectivity index (χ2n) is 3.83. The van der Waals surface area contributed by atoms with Gasteiger partial charge in [0, 0.05) is 17.1 Å². The number of sulfonamides is 1. The standard InChI is InChI=1S/C12H13N3O2S/c13-9-6-11(8-12(7-9)18(14,16)17)15-10-4-2-1-3-5-10/h1-8,15H,13H2,(H2,14,16,17). The molecule has 6 heteroatoms. The molecule has 0 aromatic heterocycles. The summed E-state index contributed by atoms with van der Waals surface area (Å²) in [5, 5.41) is 8.13. The first-order valence-corrected chi connectivity index (χ1v) is 6.75. The lowest BCUT2D eigenvalue weighted by molar-refractivity contribution is 0.598. The maximum Gasteiger partial charge on any atom is 0.238 e. The number of para-hydroxylation sites is 1. The SMILES string of the molecule is Nc1cc(Nc2ccccc2)cc(S(N)(=O)=O)c1. The van der Waals surface area contributed by atoms with Gasteiger partial charge in [0.25, 0.3) is 0 Å². The number of nitrogens with one attached hydrogen (secondary N) is 1. The number of nitrogen functional groups attached to an aromatic ring is 1. The lowest BCUT2D eigenvalue weighted by Crippen LogP contribution is -2.12. The minimum Gasteiger partial charge on any atom is -0.399 e. The number of anilines is 3. The first kappa shape index (κ1) is 12.4. The molecule has 0 radical (unpaired) electrons. The molecule has 0 fully saturated rings. The van der Waals surface area contributed by atoms with Gasteiger partial charge in [0.1, 0.15) is 0 Å². The van der Waals surface area contributed by atoms with Crippen LogP contribution in [-0.4, -0.2) is 8.42 Å². The van der Waals surface area contributed by atoms with E-state index in [-0.39, 0.29) is 4.90 Å². The number of rotatable bonds is 3. The van der Waals surface area contributed by atoms with Crippen LogP contribution in [-0.2, 0) is 10.0 Å². The zero-order valence-corrected chi connectivity index (χ0v) is 10.3. The molecule has 18 heavy (non-hydrogen) atoms. The van der Waals surface area contributed by atoms with Gasteiger partial charge < -0.3 is 11.1 Å². The van der Waals surface area contributed by atoms with E-state index < -0.39 is 10.0 Å². The normalized spacial score (nSPS) is 11.2. The molecule has 0 aliphatic carbocycles. The van der Waals surface area contributed by atoms with Crippen molar-refractivity contribution in [3.63, 3.8) is 0 Å². The molecule has 2 aromatic carbocycles. The van der Waals surface area contributed by atoms with Crippen LogP contribution in [0.5, 0.6) is 0 Å². The molecule has 2 aromatic rings. The summed E-state index contributed by atoms with van der Waals surface area (Å²) in [4.78, 5) is -0.0130. The lowest BCUT2D eigenvalue weighted by Gasteiger charge is -2.09. The van der Waals surface area contributed by atoms with Crippen LogP contribution in [0.4, 0.5) is 17.1 Å². The zero-order chi connectivity index (χ0) is 13.2. The van der Waals surface area contributed by atoms with Crippen LogP contribution in [0.15, 0.2) is 53.4 Å². The molecule has 0 saturated carbocycles. The molecule has 94 valence electrons. The van der Waals surface area contributed by atoms with Gasteiger partial charge in [-0.1, -0.05) is 18.2 Å². The van der Waals surface area contributed by atoms with E-state index in [1.807, 2.05) is 30.3 Å². The van der Waals surface area contributed by atoms with Gasteiger partial charge in [0.15, 0.2) is 0 Å². The summed E-state index contributed by atoms with van der Waals surface area (Å²) in [5.41, 5.74) is 7.39. The fraction of sp³-hybridized carbons (Fsp3) is 0. The average molecular weight is 263 g/mol. The van der Waals surface area contributed by atoms with Crippen molar-refractivity contribution in [2.24, 2.45) is 5.14 Å². The van der Waals surface area contributed by atoms with Crippen molar-refractivity contribution in [1.82, 2.24) is 0 Å². The summed E-state index contributed by atoms with van der Waals surface area (Å²) in [6, 6.07) is 13.8. The van der Waals surface area contributed by atoms with E-state index in [1.165, 1.54) is 12.1 Å². The predicted molar refractivity (Wildman–Crippen MR) is 72.0 cm³/mol. The highest BCUT2D eigenvalue weighted by Gasteiger charge is 2.09. The summed E-state index contributed by atoms with van der Waals surface area (Å²) in [6.45, 7) is 0. The topological polar surface area (TPSA) is 98.2 Å². The molecule has 0 bridgehead atoms. The van der Waals surface area contributed by atoms with Crippen LogP contribution in [0, 0.1) is 0 Å². The maximum absolute atomic E-state index is 11.3. The Morgan fingerprint density at radius 1 is 0.944 bits per heavy atom. The van der Waals surface area contributed by atoms with Crippen molar-refractivity contribution < 1.29 is 8.42 Å². The third kappa shape index (κ3) is 2.99. The van der Waals surface area contributed by atoms with E-state index in [1.54, 1.807) is 6.07 Å². The quantitative estimate of drug-likeness (QED) is 0.733. The molecule has 0 aliphatic heterocycles. The van der Waals surface area contributed by atoms with Crippen LogP contribution in [0.25, 0.3) is 0 Å². The van der Waals surface area contributed by atoms with Gasteiger partial charge in [-0.15, -0.1) is 0 Å². The van der Waals surface area contributed by atoms with Crippen molar-refractivity contribution in [3.8, 4) is 0 Å². The highest BCUT2D eigenvalue weighted by molar-refractivity contribution is 7.89. The van der Waals surface area contributed by atoms with E-state index in [0.717, 1.165) is 5.69 Å². The molecule has 0 aliphatic rings. The number of hydrogen-bond acceptors (Lipinski definition) is 4. The fourth-order valence-electron chi connectivity index (χ4n) is 1.55. The van der Waals surface area contributed by atoms with Gasteiger partial charge >= 0.3 is 0 Å². The molecule has 0 spiro atoms. The van der Waals surface area contributed by atoms with E-state index in [2.05, 4.69) is 5.32 Å². The van der Waals surface area contributed by atoms with Gasteiger partial charge in [-0.05, 0) is 30.3 Å². The Morgan fingerprint density at radius 2 is 1.61 bits per heavy atom. The number of nitrogens with two attached hydrogens (primary N) is 2. The maximum atomic E-state index is 11.3. The van der Waals surface area contributed by atoms with Crippen molar-refractivity contribution in [1.29, 1.82) is 0 Å². The number of primary sulfonamides is 1. The highest BCUT2D eigenvalue weighted by Crippen LogP contribution is 2.22. The van der Waals surface area contributed by atoms with Crippen LogP contribution >= 0.6 is 0 Å². The van der Waals surface area contributed by atoms with Crippen LogP contribution in [0.2, 0.25) is 0 Å². The van der Waals surface area contributed by atoms with Crippen LogP contribution in [0.3, 0.4) is 0 Å². The van der Waals surface area contributed by atoms with Crippen molar-refractivity contribution in [2.45, 2.75) is 4.90 Å². The average Bonchev–Trinajstić information content (AvgIpc) is 2.28. The second-order valence-corrected chi connectivity index (χ2v) is 5.39. The smallest absolute Gasteiger partial charge is 0.238 e. The first-order chi connectivity index (χ1) is 8.45. The van der Waals surface area contributed by atoms with Gasteiger partial charge in [-0.2, -0.15) is 0 Å². The van der Waals surface area contributed by atoms with E-state index in [4.69, 9.17) is 10.9 Å². The van der Waals surface area contributed by atoms with Crippen molar-refractivity contribution in [2.75, 3.05) is 11.1 Å². The summed E-state index contributed by atoms with van der Waals surface area (Å²) in [7, 11) is -3.76. The zero-order valence-electron chi connectivity index (χ0n) is 9.50. The molecule has 0 saturated heterocycles. The Hall–Kier alpha value is -2.05. The van der Waals surface area contributed by atoms with E-state index in [0.29, 0.717) is 11.4 Å². The third-order valence-corrected chi connectivity index (χ3v) is 3.21. The van der Waals surface area contributed by atoms with Gasteiger partial charge in [0.05, 0.1) is 4.90 Å². The molecule has 2 rings (SSSR count). The highest BCUT2D eigenvalue weighted by atomic mass is 32.2. The second kappa shape index (κ2) is 4.67. The molecule has 5 N–H and O–H groups in total. The Bertz CT molecular complexity index is 654. The molecule has 0 atom stereocenters. The molecule has 0 amide bonds. The summed E-state index contributed by atoms with van der Waals surface area (Å²) in [5.74, 6) is 0. The van der Waals surface area contributed by atoms with Gasteiger partial charge in [0.2, 0.25) is 10.0 Å². The Morgan fingerprint density at radius 3 is 2.22 bits per heavy atom. The van der Waals surface area contributed by atoms with E-state index >= 15 is 0 Å². The molecule has 0 unspecified atom stereocenters. The number of benzene rings is 2. The van der Waals surface area contributed by atoms with Gasteiger partial charge in [-0.3, -0.25) is 0 Å². The monoisotopic (exact) mass is 263 g/mol. The lowest BCUT2D eigenvalue weighted by atomic mass is 10.2. The van der Waals surface area contributed by atoms with Crippen molar-refractivity contribution >= 4 is 27.1 Å². The van der Waals surface area contributed by atoms with Crippen molar-refractivity contribution in [3.05, 3.63) is 48.5 Å². The first-order valence-electron chi connectivity index (χ1n) is 5.20. The van der Waals surface area contributed by atoms with Gasteiger partial charge in [-0.25, -0.2) is 13.6 Å². The molecular formula is C12H13N3O2S. The predicted octanol–water partition coefficient (Wildman–Crippen LogP) is 1.66. The Labute approximate surface area is 105 Å². The minimum atomic E-state index is -3.76. The third-order valence-electron chi connectivity index (χ3n) is 2.32. The summed E-state index contributed by atoms with van der Waals surface area (Å²) < 4.78 is 22.6. The molecule has 0 heterocycles. The number of hydrogen-bond donors (Lipinski definition) is 3. The Kier molecular flexibility index (Phi) is 3.22. The Balaban J connectivity index is 2.38. The summed E-state index contributed by atoms with van der Waals surface area (Å²) in [6.07, 6.45) is 0. The van der Waals surface area contributed by atoms with E-state index in [9.17, 15) is 8.42 Å². The minimum absolute atomic E-state index is 0.0130. The molecule has 5 nitrogen and oxygen atoms in total. The summed E-state index contributed by atoms with van der Waals surface area (Å²) >= 11 is 0. The molecular weight excluding hydrogens is 250 g/mol. The fourth-order valence-corrected chi connectivity index (χ4v) is 2.14. The van der Waals surface area contributed by atoms with Crippen LogP contribution in [0.1, 0.15) is 0 Å². The largest absolute Gasteiger partial charge is 0.399 e.